The van der Waals surface area contributed by atoms with Crippen LogP contribution in [0.15, 0.2) is 54.6 Å². The fourth-order valence-electron chi connectivity index (χ4n) is 6.44. The van der Waals surface area contributed by atoms with Crippen molar-refractivity contribution in [3.05, 3.63) is 65.7 Å². The lowest BCUT2D eigenvalue weighted by atomic mass is 9.82. The van der Waals surface area contributed by atoms with Crippen LogP contribution in [0.4, 0.5) is 5.69 Å². The highest BCUT2D eigenvalue weighted by Crippen LogP contribution is 2.39. The van der Waals surface area contributed by atoms with Gasteiger partial charge in [-0.05, 0) is 92.3 Å². The molecule has 2 aromatic carbocycles. The number of carbonyl (C=O) groups excluding carboxylic acids is 3. The van der Waals surface area contributed by atoms with Gasteiger partial charge in [0.2, 0.25) is 15.9 Å². The Bertz CT molecular complexity index is 1590. The Kier molecular flexibility index (Phi) is 15.5. The molecule has 2 amide bonds. The summed E-state index contributed by atoms with van der Waals surface area (Å²) in [5, 5.41) is 6.31. The molecular formula is C40H63N3O7SSi. The number of hydrogen-bond acceptors (Lipinski definition) is 7. The second-order valence-electron chi connectivity index (χ2n) is 16.5. The fourth-order valence-corrected chi connectivity index (χ4v) is 9.05. The van der Waals surface area contributed by atoms with Crippen LogP contribution in [0.2, 0.25) is 18.1 Å². The number of hydrogen-bond donors (Lipinski definition) is 2. The van der Waals surface area contributed by atoms with E-state index in [-0.39, 0.29) is 46.3 Å². The largest absolute Gasteiger partial charge is 0.469 e. The lowest BCUT2D eigenvalue weighted by molar-refractivity contribution is -0.146. The summed E-state index contributed by atoms with van der Waals surface area (Å²) in [6.45, 7) is 17.5. The number of methoxy groups -OCH3 is 1. The zero-order chi connectivity index (χ0) is 38.9. The molecule has 0 unspecified atom stereocenters. The van der Waals surface area contributed by atoms with Gasteiger partial charge in [-0.15, -0.1) is 0 Å². The van der Waals surface area contributed by atoms with Gasteiger partial charge in [-0.25, -0.2) is 8.42 Å². The van der Waals surface area contributed by atoms with Crippen molar-refractivity contribution in [2.45, 2.75) is 116 Å². The van der Waals surface area contributed by atoms with Gasteiger partial charge in [0.1, 0.15) is 0 Å². The van der Waals surface area contributed by atoms with Crippen molar-refractivity contribution in [1.82, 2.24) is 10.6 Å². The minimum Gasteiger partial charge on any atom is -0.469 e. The highest BCUT2D eigenvalue weighted by Gasteiger charge is 2.42. The maximum Gasteiger partial charge on any atom is 0.308 e. The van der Waals surface area contributed by atoms with Crippen LogP contribution in [0.25, 0.3) is 0 Å². The fraction of sp³-hybridized carbons (Fsp3) is 0.625. The van der Waals surface area contributed by atoms with Gasteiger partial charge in [0, 0.05) is 25.1 Å². The maximum atomic E-state index is 14.0. The van der Waals surface area contributed by atoms with Gasteiger partial charge >= 0.3 is 5.97 Å². The minimum absolute atomic E-state index is 0.0546. The number of sulfonamides is 1. The van der Waals surface area contributed by atoms with E-state index in [1.165, 1.54) is 18.5 Å². The van der Waals surface area contributed by atoms with E-state index in [0.717, 1.165) is 25.7 Å². The van der Waals surface area contributed by atoms with Crippen LogP contribution in [0, 0.1) is 23.7 Å². The van der Waals surface area contributed by atoms with Gasteiger partial charge in [0.25, 0.3) is 5.91 Å². The number of ether oxygens (including phenoxy) is 1. The molecule has 0 bridgehead atoms. The molecule has 2 N–H and O–H groups in total. The van der Waals surface area contributed by atoms with E-state index in [4.69, 9.17) is 9.16 Å². The Hall–Kier alpha value is -3.22. The zero-order valence-electron chi connectivity index (χ0n) is 33.0. The van der Waals surface area contributed by atoms with Crippen LogP contribution in [-0.4, -0.2) is 67.4 Å². The lowest BCUT2D eigenvalue weighted by Gasteiger charge is -2.42. The number of nitrogens with zero attached hydrogens (tertiary/aromatic N) is 1. The Morgan fingerprint density at radius 3 is 2.15 bits per heavy atom. The molecule has 0 radical (unpaired) electrons. The van der Waals surface area contributed by atoms with Crippen LogP contribution in [-0.2, 0) is 34.5 Å². The number of anilines is 1. The monoisotopic (exact) mass is 757 g/mol. The number of amides is 2. The van der Waals surface area contributed by atoms with Crippen LogP contribution in [0.5, 0.6) is 0 Å². The average molecular weight is 758 g/mol. The quantitative estimate of drug-likeness (QED) is 0.128. The van der Waals surface area contributed by atoms with Gasteiger partial charge in [-0.3, -0.25) is 18.7 Å². The SMILES string of the molecule is COC(=O)C1CCC(CNC(=O)[C@H](C)C[C@H](O[Si](C)(C)C(C)(C)C)[C@H](CC(C)C)NC(=O)c2cccc(N(C)S(=O)(=O)Cc3ccccc3)c2)CC1. The van der Waals surface area contributed by atoms with Gasteiger partial charge in [0.15, 0.2) is 8.32 Å². The Balaban J connectivity index is 1.79. The summed E-state index contributed by atoms with van der Waals surface area (Å²) >= 11 is 0. The normalized spacial score (nSPS) is 18.6. The third-order valence-electron chi connectivity index (χ3n) is 10.8. The second kappa shape index (κ2) is 18.7. The highest BCUT2D eigenvalue weighted by molar-refractivity contribution is 7.92. The van der Waals surface area contributed by atoms with Crippen molar-refractivity contribution in [3.63, 3.8) is 0 Å². The molecule has 0 aromatic heterocycles. The van der Waals surface area contributed by atoms with Crippen LogP contribution < -0.4 is 14.9 Å². The van der Waals surface area contributed by atoms with Gasteiger partial charge in [-0.2, -0.15) is 0 Å². The number of nitrogens with one attached hydrogen (secondary N) is 2. The molecule has 1 aliphatic carbocycles. The molecule has 290 valence electrons. The van der Waals surface area contributed by atoms with Crippen molar-refractivity contribution < 1.29 is 32.0 Å². The molecular weight excluding hydrogens is 695 g/mol. The number of benzene rings is 2. The van der Waals surface area contributed by atoms with E-state index in [0.29, 0.717) is 42.1 Å². The van der Waals surface area contributed by atoms with E-state index in [1.807, 2.05) is 13.0 Å². The van der Waals surface area contributed by atoms with Crippen molar-refractivity contribution in [2.75, 3.05) is 25.0 Å². The summed E-state index contributed by atoms with van der Waals surface area (Å²) < 4.78 is 39.8. The summed E-state index contributed by atoms with van der Waals surface area (Å²) in [7, 11) is -3.13. The first-order chi connectivity index (χ1) is 24.2. The predicted molar refractivity (Wildman–Crippen MR) is 211 cm³/mol. The Morgan fingerprint density at radius 1 is 0.942 bits per heavy atom. The summed E-state index contributed by atoms with van der Waals surface area (Å²) in [4.78, 5) is 39.4. The Morgan fingerprint density at radius 2 is 1.58 bits per heavy atom. The first-order valence-electron chi connectivity index (χ1n) is 18.7. The number of esters is 1. The molecule has 0 heterocycles. The third-order valence-corrected chi connectivity index (χ3v) is 17.1. The lowest BCUT2D eigenvalue weighted by Crippen LogP contribution is -2.53. The maximum absolute atomic E-state index is 14.0. The average Bonchev–Trinajstić information content (AvgIpc) is 3.09. The number of rotatable bonds is 17. The molecule has 0 spiro atoms. The summed E-state index contributed by atoms with van der Waals surface area (Å²) in [6, 6.07) is 15.3. The standard InChI is InChI=1S/C40H63N3O7SSi/c1-28(2)23-35(42-38(45)33-17-14-18-34(25-33)43(7)51(47,48)27-31-15-12-11-13-16-31)36(50-52(9,10)40(4,5)6)24-29(3)37(44)41-26-30-19-21-32(22-20-30)39(46)49-8/h11-18,25,28-30,32,35-36H,19-24,26-27H2,1-10H3,(H,41,44)(H,42,45)/t29-,30?,32?,35+,36+/m1/s1. The summed E-state index contributed by atoms with van der Waals surface area (Å²) in [5.74, 6) is -0.600. The summed E-state index contributed by atoms with van der Waals surface area (Å²) in [6.07, 6.45) is 3.89. The molecule has 2 aromatic rings. The molecule has 12 heteroatoms. The molecule has 3 atom stereocenters. The van der Waals surface area contributed by atoms with Crippen molar-refractivity contribution in [1.29, 1.82) is 0 Å². The van der Waals surface area contributed by atoms with Gasteiger partial charge in [-0.1, -0.05) is 77.9 Å². The molecule has 52 heavy (non-hydrogen) atoms. The number of carbonyl (C=O) groups is 3. The molecule has 10 nitrogen and oxygen atoms in total. The molecule has 0 aliphatic heterocycles. The second-order valence-corrected chi connectivity index (χ2v) is 23.3. The van der Waals surface area contributed by atoms with Crippen LogP contribution in [0.3, 0.4) is 0 Å². The highest BCUT2D eigenvalue weighted by atomic mass is 32.2. The van der Waals surface area contributed by atoms with E-state index in [2.05, 4.69) is 58.3 Å². The van der Waals surface area contributed by atoms with Crippen molar-refractivity contribution >= 4 is 41.8 Å². The van der Waals surface area contributed by atoms with E-state index in [1.54, 1.807) is 48.5 Å². The van der Waals surface area contributed by atoms with E-state index in [9.17, 15) is 22.8 Å². The van der Waals surface area contributed by atoms with Crippen LogP contribution >= 0.6 is 0 Å². The topological polar surface area (TPSA) is 131 Å². The van der Waals surface area contributed by atoms with Crippen molar-refractivity contribution in [3.8, 4) is 0 Å². The minimum atomic E-state index is -3.71. The molecule has 1 aliphatic rings. The van der Waals surface area contributed by atoms with Crippen LogP contribution in [0.1, 0.15) is 96.0 Å². The van der Waals surface area contributed by atoms with Crippen molar-refractivity contribution in [2.24, 2.45) is 23.7 Å². The molecule has 1 saturated carbocycles. The third kappa shape index (κ3) is 12.4. The van der Waals surface area contributed by atoms with E-state index < -0.39 is 30.5 Å². The predicted octanol–water partition coefficient (Wildman–Crippen LogP) is 7.31. The molecule has 3 rings (SSSR count). The van der Waals surface area contributed by atoms with Gasteiger partial charge in [0.05, 0.1) is 36.6 Å². The van der Waals surface area contributed by atoms with E-state index >= 15 is 0 Å². The first kappa shape index (κ1) is 43.2. The zero-order valence-corrected chi connectivity index (χ0v) is 34.8. The molecule has 0 saturated heterocycles. The molecule has 1 fully saturated rings. The first-order valence-corrected chi connectivity index (χ1v) is 23.2. The smallest absolute Gasteiger partial charge is 0.308 e. The Labute approximate surface area is 314 Å². The van der Waals surface area contributed by atoms with Gasteiger partial charge < -0.3 is 19.8 Å². The summed E-state index contributed by atoms with van der Waals surface area (Å²) in [5.41, 5.74) is 1.41.